The van der Waals surface area contributed by atoms with Crippen LogP contribution in [0.3, 0.4) is 0 Å². The van der Waals surface area contributed by atoms with Crippen molar-refractivity contribution >= 4 is 24.1 Å². The predicted molar refractivity (Wildman–Crippen MR) is 129 cm³/mol. The summed E-state index contributed by atoms with van der Waals surface area (Å²) in [5.74, 6) is -2.44. The molecule has 10 nitrogen and oxygen atoms in total. The molecule has 10 heteroatoms. The van der Waals surface area contributed by atoms with E-state index in [4.69, 9.17) is 14.2 Å². The first-order valence-corrected chi connectivity index (χ1v) is 11.5. The molecular weight excluding hydrogens is 468 g/mol. The van der Waals surface area contributed by atoms with Crippen molar-refractivity contribution in [3.63, 3.8) is 0 Å². The van der Waals surface area contributed by atoms with Crippen LogP contribution in [0.1, 0.15) is 44.7 Å². The van der Waals surface area contributed by atoms with Gasteiger partial charge in [-0.25, -0.2) is 14.4 Å². The van der Waals surface area contributed by atoms with Crippen LogP contribution in [-0.4, -0.2) is 60.1 Å². The first-order chi connectivity index (χ1) is 17.0. The Labute approximate surface area is 208 Å². The Bertz CT molecular complexity index is 1100. The fourth-order valence-electron chi connectivity index (χ4n) is 3.93. The predicted octanol–water partition coefficient (Wildman–Crippen LogP) is 3.43. The summed E-state index contributed by atoms with van der Waals surface area (Å²) in [6, 6.07) is 14.2. The zero-order chi connectivity index (χ0) is 26.5. The first-order valence-electron chi connectivity index (χ1n) is 11.5. The van der Waals surface area contributed by atoms with Crippen molar-refractivity contribution < 1.29 is 38.5 Å². The van der Waals surface area contributed by atoms with E-state index in [0.717, 1.165) is 22.3 Å². The molecule has 2 unspecified atom stereocenters. The fraction of sp³-hybridized carbons (Fsp3) is 0.385. The standard InChI is InChI=1S/C26H30N2O8/c1-15(22(23(30)31)28-25(33)36-26(2,3)4)35-21(29)13-27-24(32)34-14-20-18-11-7-5-9-16(18)17-10-6-8-12-19(17)20/h5-12,15,20,22H,13-14H2,1-4H3,(H,27,32)(H,28,33)(H,30,31). The van der Waals surface area contributed by atoms with Gasteiger partial charge in [0.05, 0.1) is 0 Å². The molecule has 2 aromatic rings. The number of amides is 2. The number of nitrogens with one attached hydrogen (secondary N) is 2. The van der Waals surface area contributed by atoms with Crippen molar-refractivity contribution in [2.75, 3.05) is 13.2 Å². The lowest BCUT2D eigenvalue weighted by Gasteiger charge is -2.24. The molecule has 0 saturated heterocycles. The maximum atomic E-state index is 12.2. The minimum absolute atomic E-state index is 0.0756. The molecule has 0 saturated carbocycles. The van der Waals surface area contributed by atoms with Gasteiger partial charge in [-0.3, -0.25) is 4.79 Å². The smallest absolute Gasteiger partial charge is 0.408 e. The monoisotopic (exact) mass is 498 g/mol. The van der Waals surface area contributed by atoms with Gasteiger partial charge in [0.1, 0.15) is 24.9 Å². The van der Waals surface area contributed by atoms with Crippen LogP contribution in [0.5, 0.6) is 0 Å². The highest BCUT2D eigenvalue weighted by molar-refractivity contribution is 5.82. The summed E-state index contributed by atoms with van der Waals surface area (Å²) in [4.78, 5) is 47.8. The number of hydrogen-bond acceptors (Lipinski definition) is 7. The molecule has 0 aromatic heterocycles. The van der Waals surface area contributed by atoms with Crippen LogP contribution in [0.25, 0.3) is 11.1 Å². The van der Waals surface area contributed by atoms with Gasteiger partial charge in [-0.05, 0) is 49.9 Å². The van der Waals surface area contributed by atoms with E-state index in [1.165, 1.54) is 6.92 Å². The van der Waals surface area contributed by atoms with E-state index in [1.807, 2.05) is 48.5 Å². The fourth-order valence-corrected chi connectivity index (χ4v) is 3.93. The molecule has 0 radical (unpaired) electrons. The van der Waals surface area contributed by atoms with E-state index < -0.39 is 48.4 Å². The van der Waals surface area contributed by atoms with E-state index in [9.17, 15) is 24.3 Å². The lowest BCUT2D eigenvalue weighted by atomic mass is 9.98. The summed E-state index contributed by atoms with van der Waals surface area (Å²) in [5.41, 5.74) is 3.45. The molecule has 192 valence electrons. The minimum atomic E-state index is -1.54. The van der Waals surface area contributed by atoms with Crippen LogP contribution in [0, 0.1) is 0 Å². The number of alkyl carbamates (subject to hydrolysis) is 2. The van der Waals surface area contributed by atoms with E-state index in [2.05, 4.69) is 10.6 Å². The average Bonchev–Trinajstić information content (AvgIpc) is 3.12. The highest BCUT2D eigenvalue weighted by Gasteiger charge is 2.32. The van der Waals surface area contributed by atoms with Crippen molar-refractivity contribution in [1.82, 2.24) is 10.6 Å². The van der Waals surface area contributed by atoms with Crippen LogP contribution < -0.4 is 10.6 Å². The van der Waals surface area contributed by atoms with Gasteiger partial charge in [-0.2, -0.15) is 0 Å². The number of ether oxygens (including phenoxy) is 3. The Morgan fingerprint density at radius 1 is 0.944 bits per heavy atom. The highest BCUT2D eigenvalue weighted by Crippen LogP contribution is 2.44. The van der Waals surface area contributed by atoms with Crippen LogP contribution in [0.15, 0.2) is 48.5 Å². The molecule has 3 N–H and O–H groups in total. The number of benzene rings is 2. The normalized spacial score (nSPS) is 14.0. The van der Waals surface area contributed by atoms with Gasteiger partial charge in [-0.1, -0.05) is 48.5 Å². The summed E-state index contributed by atoms with van der Waals surface area (Å²) in [7, 11) is 0. The van der Waals surface area contributed by atoms with Gasteiger partial charge in [0.2, 0.25) is 0 Å². The molecule has 2 atom stereocenters. The molecule has 2 amide bonds. The van der Waals surface area contributed by atoms with Crippen molar-refractivity contribution in [2.45, 2.75) is 51.4 Å². The zero-order valence-corrected chi connectivity index (χ0v) is 20.6. The first kappa shape index (κ1) is 26.5. The number of hydrogen-bond donors (Lipinski definition) is 3. The summed E-state index contributed by atoms with van der Waals surface area (Å²) in [5, 5.41) is 13.8. The second-order valence-electron chi connectivity index (χ2n) is 9.34. The molecule has 0 heterocycles. The Morgan fingerprint density at radius 2 is 1.50 bits per heavy atom. The Kier molecular flexibility index (Phi) is 8.18. The average molecular weight is 499 g/mol. The maximum absolute atomic E-state index is 12.2. The molecule has 2 aromatic carbocycles. The molecule has 36 heavy (non-hydrogen) atoms. The van der Waals surface area contributed by atoms with Gasteiger partial charge in [0.15, 0.2) is 6.04 Å². The van der Waals surface area contributed by atoms with E-state index in [-0.39, 0.29) is 12.5 Å². The summed E-state index contributed by atoms with van der Waals surface area (Å²) >= 11 is 0. The van der Waals surface area contributed by atoms with Crippen LogP contribution in [0.2, 0.25) is 0 Å². The van der Waals surface area contributed by atoms with Gasteiger partial charge in [-0.15, -0.1) is 0 Å². The second-order valence-corrected chi connectivity index (χ2v) is 9.34. The molecule has 3 rings (SSSR count). The number of rotatable bonds is 8. The third kappa shape index (κ3) is 6.74. The number of carbonyl (C=O) groups is 4. The maximum Gasteiger partial charge on any atom is 0.408 e. The lowest BCUT2D eigenvalue weighted by molar-refractivity contribution is -0.153. The van der Waals surface area contributed by atoms with Gasteiger partial charge in [0, 0.05) is 5.92 Å². The molecule has 0 bridgehead atoms. The van der Waals surface area contributed by atoms with E-state index in [0.29, 0.717) is 0 Å². The van der Waals surface area contributed by atoms with Gasteiger partial charge < -0.3 is 30.0 Å². The van der Waals surface area contributed by atoms with E-state index in [1.54, 1.807) is 20.8 Å². The van der Waals surface area contributed by atoms with Crippen LogP contribution >= 0.6 is 0 Å². The lowest BCUT2D eigenvalue weighted by Crippen LogP contribution is -2.51. The van der Waals surface area contributed by atoms with Crippen molar-refractivity contribution in [1.29, 1.82) is 0 Å². The SMILES string of the molecule is CC(OC(=O)CNC(=O)OCC1c2ccccc2-c2ccccc21)C(NC(=O)OC(C)(C)C)C(=O)O. The largest absolute Gasteiger partial charge is 0.480 e. The Hall–Kier alpha value is -4.08. The van der Waals surface area contributed by atoms with Crippen LogP contribution in [-0.2, 0) is 23.8 Å². The van der Waals surface area contributed by atoms with Crippen LogP contribution in [0.4, 0.5) is 9.59 Å². The van der Waals surface area contributed by atoms with Crippen molar-refractivity contribution in [3.8, 4) is 11.1 Å². The third-order valence-electron chi connectivity index (χ3n) is 5.45. The number of carbonyl (C=O) groups excluding carboxylic acids is 3. The second kappa shape index (κ2) is 11.1. The number of carboxylic acid groups (broad SMARTS) is 1. The molecule has 1 aliphatic rings. The number of aliphatic carboxylic acids is 1. The van der Waals surface area contributed by atoms with Crippen molar-refractivity contribution in [2.24, 2.45) is 0 Å². The topological polar surface area (TPSA) is 140 Å². The Balaban J connectivity index is 1.49. The molecule has 0 spiro atoms. The van der Waals surface area contributed by atoms with Crippen molar-refractivity contribution in [3.05, 3.63) is 59.7 Å². The molecule has 0 fully saturated rings. The molecule has 1 aliphatic carbocycles. The minimum Gasteiger partial charge on any atom is -0.480 e. The van der Waals surface area contributed by atoms with Gasteiger partial charge >= 0.3 is 24.1 Å². The third-order valence-corrected chi connectivity index (χ3v) is 5.45. The number of esters is 1. The summed E-state index contributed by atoms with van der Waals surface area (Å²) in [6.45, 7) is 5.72. The summed E-state index contributed by atoms with van der Waals surface area (Å²) < 4.78 is 15.5. The highest BCUT2D eigenvalue weighted by atomic mass is 16.6. The zero-order valence-electron chi connectivity index (χ0n) is 20.6. The number of carboxylic acids is 1. The molecular formula is C26H30N2O8. The van der Waals surface area contributed by atoms with Gasteiger partial charge in [0.25, 0.3) is 0 Å². The number of fused-ring (bicyclic) bond motifs is 3. The summed E-state index contributed by atoms with van der Waals surface area (Å²) in [6.07, 6.45) is -3.01. The Morgan fingerprint density at radius 3 is 2.03 bits per heavy atom. The molecule has 0 aliphatic heterocycles. The van der Waals surface area contributed by atoms with E-state index >= 15 is 0 Å². The quantitative estimate of drug-likeness (QED) is 0.371.